The van der Waals surface area contributed by atoms with Gasteiger partial charge in [-0.05, 0) is 32.2 Å². The number of hydrogen-bond acceptors (Lipinski definition) is 3. The first kappa shape index (κ1) is 11.0. The zero-order valence-electron chi connectivity index (χ0n) is 8.38. The summed E-state index contributed by atoms with van der Waals surface area (Å²) in [5.41, 5.74) is 0. The van der Waals surface area contributed by atoms with Gasteiger partial charge in [-0.15, -0.1) is 0 Å². The van der Waals surface area contributed by atoms with E-state index in [-0.39, 0.29) is 11.9 Å². The molecule has 0 spiro atoms. The fourth-order valence-corrected chi connectivity index (χ4v) is 1.57. The number of hydrogen-bond donors (Lipinski definition) is 2. The molecule has 1 aliphatic heterocycles. The van der Waals surface area contributed by atoms with Gasteiger partial charge in [0.1, 0.15) is 0 Å². The van der Waals surface area contributed by atoms with E-state index in [0.29, 0.717) is 13.0 Å². The van der Waals surface area contributed by atoms with Crippen LogP contribution < -0.4 is 10.6 Å². The molecule has 4 nitrogen and oxygen atoms in total. The van der Waals surface area contributed by atoms with Crippen LogP contribution in [0.25, 0.3) is 0 Å². The molecule has 2 N–H and O–H groups in total. The Morgan fingerprint density at radius 3 is 3.07 bits per heavy atom. The van der Waals surface area contributed by atoms with E-state index >= 15 is 0 Å². The Hall–Kier alpha value is -1.08. The van der Waals surface area contributed by atoms with Gasteiger partial charge in [-0.3, -0.25) is 4.79 Å². The van der Waals surface area contributed by atoms with Crippen LogP contribution in [0.3, 0.4) is 0 Å². The van der Waals surface area contributed by atoms with Crippen molar-refractivity contribution < 1.29 is 4.79 Å². The highest BCUT2D eigenvalue weighted by molar-refractivity contribution is 5.81. The maximum Gasteiger partial charge on any atom is 0.237 e. The van der Waals surface area contributed by atoms with Crippen LogP contribution in [0.5, 0.6) is 0 Å². The molecule has 4 heteroatoms. The minimum atomic E-state index is 0.0194. The average molecular weight is 195 g/mol. The van der Waals surface area contributed by atoms with Crippen molar-refractivity contribution in [3.63, 3.8) is 0 Å². The summed E-state index contributed by atoms with van der Waals surface area (Å²) in [6.07, 6.45) is 4.38. The Morgan fingerprint density at radius 1 is 1.57 bits per heavy atom. The first-order valence-corrected chi connectivity index (χ1v) is 5.22. The van der Waals surface area contributed by atoms with Gasteiger partial charge >= 0.3 is 0 Å². The van der Waals surface area contributed by atoms with Crippen molar-refractivity contribution in [2.24, 2.45) is 0 Å². The third-order valence-corrected chi connectivity index (χ3v) is 2.39. The summed E-state index contributed by atoms with van der Waals surface area (Å²) in [5.74, 6) is 0.111. The molecule has 1 rings (SSSR count). The van der Waals surface area contributed by atoms with E-state index in [1.54, 1.807) is 0 Å². The fraction of sp³-hybridized carbons (Fsp3) is 0.800. The van der Waals surface area contributed by atoms with Gasteiger partial charge in [-0.2, -0.15) is 5.26 Å². The number of nitrogens with zero attached hydrogens (tertiary/aromatic N) is 1. The number of amides is 1. The van der Waals surface area contributed by atoms with Crippen molar-refractivity contribution in [2.45, 2.75) is 38.1 Å². The van der Waals surface area contributed by atoms with Crippen LogP contribution in [0.15, 0.2) is 0 Å². The summed E-state index contributed by atoms with van der Waals surface area (Å²) in [4.78, 5) is 11.4. The minimum Gasteiger partial charge on any atom is -0.355 e. The van der Waals surface area contributed by atoms with E-state index in [0.717, 1.165) is 32.2 Å². The van der Waals surface area contributed by atoms with E-state index < -0.39 is 0 Å². The predicted octanol–water partition coefficient (Wildman–Crippen LogP) is 0.548. The monoisotopic (exact) mass is 195 g/mol. The van der Waals surface area contributed by atoms with Gasteiger partial charge in [0.2, 0.25) is 5.91 Å². The van der Waals surface area contributed by atoms with Crippen LogP contribution in [0.4, 0.5) is 0 Å². The summed E-state index contributed by atoms with van der Waals surface area (Å²) in [6.45, 7) is 1.64. The molecule has 1 saturated heterocycles. The zero-order valence-corrected chi connectivity index (χ0v) is 8.38. The van der Waals surface area contributed by atoms with Crippen molar-refractivity contribution >= 4 is 5.91 Å². The quantitative estimate of drug-likeness (QED) is 0.630. The van der Waals surface area contributed by atoms with Crippen molar-refractivity contribution in [3.8, 4) is 6.07 Å². The maximum absolute atomic E-state index is 11.4. The highest BCUT2D eigenvalue weighted by atomic mass is 16.2. The van der Waals surface area contributed by atoms with E-state index in [9.17, 15) is 4.79 Å². The van der Waals surface area contributed by atoms with Crippen LogP contribution >= 0.6 is 0 Å². The Kier molecular flexibility index (Phi) is 5.02. The zero-order chi connectivity index (χ0) is 10.2. The largest absolute Gasteiger partial charge is 0.355 e. The second-order valence-corrected chi connectivity index (χ2v) is 3.56. The molecule has 0 bridgehead atoms. The predicted molar refractivity (Wildman–Crippen MR) is 53.5 cm³/mol. The summed E-state index contributed by atoms with van der Waals surface area (Å²) in [7, 11) is 0. The summed E-state index contributed by atoms with van der Waals surface area (Å²) in [5, 5.41) is 14.3. The first-order chi connectivity index (χ1) is 6.84. The number of carbonyl (C=O) groups is 1. The smallest absolute Gasteiger partial charge is 0.237 e. The van der Waals surface area contributed by atoms with E-state index in [1.165, 1.54) is 0 Å². The average Bonchev–Trinajstić information content (AvgIpc) is 2.70. The third kappa shape index (κ3) is 3.75. The number of unbranched alkanes of at least 4 members (excludes halogenated alkanes) is 2. The number of carbonyl (C=O) groups excluding carboxylic acids is 1. The van der Waals surface area contributed by atoms with Crippen molar-refractivity contribution in [1.29, 1.82) is 5.26 Å². The fourth-order valence-electron chi connectivity index (χ4n) is 1.57. The molecular weight excluding hydrogens is 178 g/mol. The SMILES string of the molecule is N#CCCCCNC(=O)[C@H]1CCCN1. The molecule has 0 radical (unpaired) electrons. The van der Waals surface area contributed by atoms with E-state index in [2.05, 4.69) is 16.7 Å². The number of nitriles is 1. The maximum atomic E-state index is 11.4. The first-order valence-electron chi connectivity index (χ1n) is 5.22. The summed E-state index contributed by atoms with van der Waals surface area (Å²) >= 11 is 0. The molecule has 1 heterocycles. The van der Waals surface area contributed by atoms with Crippen molar-refractivity contribution in [1.82, 2.24) is 10.6 Å². The molecule has 1 aliphatic rings. The van der Waals surface area contributed by atoms with Crippen LogP contribution in [0.1, 0.15) is 32.1 Å². The lowest BCUT2D eigenvalue weighted by Crippen LogP contribution is -2.40. The highest BCUT2D eigenvalue weighted by Gasteiger charge is 2.20. The molecule has 1 amide bonds. The van der Waals surface area contributed by atoms with Gasteiger partial charge in [0.05, 0.1) is 12.1 Å². The Bertz CT molecular complexity index is 216. The molecule has 0 unspecified atom stereocenters. The van der Waals surface area contributed by atoms with Crippen molar-refractivity contribution in [2.75, 3.05) is 13.1 Å². The van der Waals surface area contributed by atoms with Crippen LogP contribution in [-0.2, 0) is 4.79 Å². The molecule has 0 aromatic heterocycles. The van der Waals surface area contributed by atoms with Crippen LogP contribution in [0, 0.1) is 11.3 Å². The molecule has 0 saturated carbocycles. The standard InChI is InChI=1S/C10H17N3O/c11-6-2-1-3-7-13-10(14)9-5-4-8-12-9/h9,12H,1-5,7-8H2,(H,13,14)/t9-/m1/s1. The molecule has 0 aliphatic carbocycles. The van der Waals surface area contributed by atoms with Crippen LogP contribution in [-0.4, -0.2) is 25.0 Å². The highest BCUT2D eigenvalue weighted by Crippen LogP contribution is 2.04. The third-order valence-electron chi connectivity index (χ3n) is 2.39. The molecular formula is C10H17N3O. The molecule has 1 atom stereocenters. The summed E-state index contributed by atoms with van der Waals surface area (Å²) < 4.78 is 0. The minimum absolute atomic E-state index is 0.0194. The lowest BCUT2D eigenvalue weighted by Gasteiger charge is -2.10. The van der Waals surface area contributed by atoms with E-state index in [4.69, 9.17) is 5.26 Å². The molecule has 14 heavy (non-hydrogen) atoms. The van der Waals surface area contributed by atoms with Gasteiger partial charge < -0.3 is 10.6 Å². The Labute approximate surface area is 84.7 Å². The van der Waals surface area contributed by atoms with Gasteiger partial charge in [-0.1, -0.05) is 0 Å². The van der Waals surface area contributed by atoms with Gasteiger partial charge in [-0.25, -0.2) is 0 Å². The topological polar surface area (TPSA) is 64.9 Å². The van der Waals surface area contributed by atoms with Gasteiger partial charge in [0, 0.05) is 13.0 Å². The van der Waals surface area contributed by atoms with E-state index in [1.807, 2.05) is 0 Å². The second-order valence-electron chi connectivity index (χ2n) is 3.56. The molecule has 0 aromatic rings. The second kappa shape index (κ2) is 6.39. The van der Waals surface area contributed by atoms with Crippen molar-refractivity contribution in [3.05, 3.63) is 0 Å². The normalized spacial score (nSPS) is 20.4. The van der Waals surface area contributed by atoms with Gasteiger partial charge in [0.25, 0.3) is 0 Å². The van der Waals surface area contributed by atoms with Crippen LogP contribution in [0.2, 0.25) is 0 Å². The molecule has 1 fully saturated rings. The lowest BCUT2D eigenvalue weighted by molar-refractivity contribution is -0.122. The molecule has 0 aromatic carbocycles. The Morgan fingerprint density at radius 2 is 2.43 bits per heavy atom. The Balaban J connectivity index is 2.00. The summed E-state index contributed by atoms with van der Waals surface area (Å²) in [6, 6.07) is 2.11. The number of rotatable bonds is 5. The number of nitrogens with one attached hydrogen (secondary N) is 2. The van der Waals surface area contributed by atoms with Gasteiger partial charge in [0.15, 0.2) is 0 Å². The lowest BCUT2D eigenvalue weighted by atomic mass is 10.2. The molecule has 78 valence electrons.